The Bertz CT molecular complexity index is 767. The molecule has 0 bridgehead atoms. The third-order valence-corrected chi connectivity index (χ3v) is 3.80. The highest BCUT2D eigenvalue weighted by atomic mass is 19.2. The van der Waals surface area contributed by atoms with Crippen LogP contribution < -0.4 is 0 Å². The lowest BCUT2D eigenvalue weighted by molar-refractivity contribution is -0.130. The number of carbonyl (C=O) groups is 2. The molecule has 2 aromatic rings. The van der Waals surface area contributed by atoms with E-state index >= 15 is 0 Å². The van der Waals surface area contributed by atoms with Gasteiger partial charge in [0.25, 0.3) is 0 Å². The van der Waals surface area contributed by atoms with Gasteiger partial charge in [0.15, 0.2) is 11.6 Å². The van der Waals surface area contributed by atoms with Gasteiger partial charge in [-0.05, 0) is 13.0 Å². The lowest BCUT2D eigenvalue weighted by Gasteiger charge is -2.19. The molecule has 1 aliphatic rings. The molecular formula is C19H19F2NO4. The predicted molar refractivity (Wildman–Crippen MR) is 90.4 cm³/mol. The fourth-order valence-corrected chi connectivity index (χ4v) is 2.42. The molecule has 0 aromatic heterocycles. The number of imide groups is 1. The quantitative estimate of drug-likeness (QED) is 0.910. The Morgan fingerprint density at radius 3 is 2.38 bits per heavy atom. The van der Waals surface area contributed by atoms with Gasteiger partial charge in [-0.1, -0.05) is 48.0 Å². The molecule has 1 saturated heterocycles. The number of nitrogens with zero attached hydrogens (tertiary/aromatic N) is 1. The van der Waals surface area contributed by atoms with Gasteiger partial charge in [0.1, 0.15) is 6.61 Å². The van der Waals surface area contributed by atoms with Crippen LogP contribution in [-0.2, 0) is 9.53 Å². The molecule has 0 saturated carbocycles. The van der Waals surface area contributed by atoms with Crippen molar-refractivity contribution in [2.45, 2.75) is 12.8 Å². The minimum Gasteiger partial charge on any atom is -0.447 e. The number of aryl methyl sites for hydroxylation is 1. The van der Waals surface area contributed by atoms with E-state index in [-0.39, 0.29) is 18.7 Å². The molecule has 1 unspecified atom stereocenters. The Balaban J connectivity index is 0.000000290. The molecule has 1 atom stereocenters. The summed E-state index contributed by atoms with van der Waals surface area (Å²) in [5.74, 6) is -4.47. The second-order valence-corrected chi connectivity index (χ2v) is 5.64. The molecule has 7 heteroatoms. The van der Waals surface area contributed by atoms with Crippen LogP contribution in [0.4, 0.5) is 13.6 Å². The van der Waals surface area contributed by atoms with Crippen molar-refractivity contribution in [1.29, 1.82) is 0 Å². The standard InChI is InChI=1S/C12H11F2NO4.C7H8/c13-9-3-1-2-7(10(9)14)8(6-16)11(17)15-4-5-19-12(15)18;1-7-5-3-2-4-6-7/h1-3,8,16H,4-6H2;2-6H,1H3. The maximum absolute atomic E-state index is 13.6. The van der Waals surface area contributed by atoms with Crippen molar-refractivity contribution in [3.63, 3.8) is 0 Å². The van der Waals surface area contributed by atoms with Gasteiger partial charge < -0.3 is 9.84 Å². The maximum atomic E-state index is 13.6. The SMILES string of the molecule is Cc1ccccc1.O=C1OCCN1C(=O)C(CO)c1cccc(F)c1F. The fourth-order valence-electron chi connectivity index (χ4n) is 2.42. The summed E-state index contributed by atoms with van der Waals surface area (Å²) in [6.45, 7) is 1.43. The van der Waals surface area contributed by atoms with Crippen LogP contribution in [0.15, 0.2) is 48.5 Å². The van der Waals surface area contributed by atoms with E-state index in [9.17, 15) is 23.5 Å². The van der Waals surface area contributed by atoms with E-state index in [0.717, 1.165) is 11.0 Å². The van der Waals surface area contributed by atoms with Gasteiger partial charge in [-0.15, -0.1) is 0 Å². The summed E-state index contributed by atoms with van der Waals surface area (Å²) >= 11 is 0. The first-order valence-electron chi connectivity index (χ1n) is 8.00. The summed E-state index contributed by atoms with van der Waals surface area (Å²) in [6, 6.07) is 13.6. The highest BCUT2D eigenvalue weighted by Gasteiger charge is 2.35. The van der Waals surface area contributed by atoms with Gasteiger partial charge in [0, 0.05) is 5.56 Å². The Labute approximate surface area is 149 Å². The zero-order chi connectivity index (χ0) is 19.1. The normalized spacial score (nSPS) is 14.3. The maximum Gasteiger partial charge on any atom is 0.416 e. The van der Waals surface area contributed by atoms with Gasteiger partial charge in [-0.3, -0.25) is 4.79 Å². The summed E-state index contributed by atoms with van der Waals surface area (Å²) in [7, 11) is 0. The van der Waals surface area contributed by atoms with Crippen molar-refractivity contribution in [1.82, 2.24) is 4.90 Å². The molecule has 3 rings (SSSR count). The van der Waals surface area contributed by atoms with Crippen molar-refractivity contribution >= 4 is 12.0 Å². The number of benzene rings is 2. The van der Waals surface area contributed by atoms with E-state index in [4.69, 9.17) is 0 Å². The average Bonchev–Trinajstić information content (AvgIpc) is 3.06. The van der Waals surface area contributed by atoms with Crippen molar-refractivity contribution < 1.29 is 28.2 Å². The third-order valence-electron chi connectivity index (χ3n) is 3.80. The minimum absolute atomic E-state index is 0.0328. The minimum atomic E-state index is -1.33. The van der Waals surface area contributed by atoms with Crippen LogP contribution >= 0.6 is 0 Å². The van der Waals surface area contributed by atoms with Crippen molar-refractivity contribution in [2.75, 3.05) is 19.8 Å². The van der Waals surface area contributed by atoms with E-state index in [1.807, 2.05) is 18.2 Å². The molecule has 26 heavy (non-hydrogen) atoms. The summed E-state index contributed by atoms with van der Waals surface area (Å²) < 4.78 is 31.3. The molecule has 0 spiro atoms. The highest BCUT2D eigenvalue weighted by molar-refractivity contribution is 5.96. The molecule has 1 heterocycles. The molecule has 5 nitrogen and oxygen atoms in total. The number of carbonyl (C=O) groups excluding carboxylic acids is 2. The lowest BCUT2D eigenvalue weighted by atomic mass is 9.97. The first kappa shape index (κ1) is 19.5. The van der Waals surface area contributed by atoms with E-state index in [1.165, 1.54) is 17.7 Å². The van der Waals surface area contributed by atoms with Crippen LogP contribution in [0.5, 0.6) is 0 Å². The number of rotatable bonds is 3. The summed E-state index contributed by atoms with van der Waals surface area (Å²) in [4.78, 5) is 24.0. The number of hydrogen-bond acceptors (Lipinski definition) is 4. The van der Waals surface area contributed by atoms with Crippen molar-refractivity contribution in [3.8, 4) is 0 Å². The second-order valence-electron chi connectivity index (χ2n) is 5.64. The van der Waals surface area contributed by atoms with E-state index in [0.29, 0.717) is 0 Å². The fraction of sp³-hybridized carbons (Fsp3) is 0.263. The predicted octanol–water partition coefficient (Wildman–Crippen LogP) is 3.01. The second kappa shape index (κ2) is 9.05. The molecule has 1 fully saturated rings. The number of aliphatic hydroxyl groups is 1. The number of cyclic esters (lactones) is 1. The largest absolute Gasteiger partial charge is 0.447 e. The van der Waals surface area contributed by atoms with Crippen molar-refractivity contribution in [2.24, 2.45) is 0 Å². The summed E-state index contributed by atoms with van der Waals surface area (Å²) in [5.41, 5.74) is 1.04. The molecule has 1 N–H and O–H groups in total. The number of hydrogen-bond donors (Lipinski definition) is 1. The average molecular weight is 363 g/mol. The van der Waals surface area contributed by atoms with Gasteiger partial charge in [0.2, 0.25) is 5.91 Å². The first-order chi connectivity index (χ1) is 12.5. The monoisotopic (exact) mass is 363 g/mol. The molecule has 2 aromatic carbocycles. The zero-order valence-corrected chi connectivity index (χ0v) is 14.2. The van der Waals surface area contributed by atoms with Crippen LogP contribution in [0.3, 0.4) is 0 Å². The molecule has 0 radical (unpaired) electrons. The Morgan fingerprint density at radius 1 is 1.19 bits per heavy atom. The number of ether oxygens (including phenoxy) is 1. The van der Waals surface area contributed by atoms with Crippen LogP contribution in [0, 0.1) is 18.6 Å². The van der Waals surface area contributed by atoms with Gasteiger partial charge in [0.05, 0.1) is 19.1 Å². The molecule has 138 valence electrons. The van der Waals surface area contributed by atoms with Crippen LogP contribution in [0.25, 0.3) is 0 Å². The van der Waals surface area contributed by atoms with Crippen molar-refractivity contribution in [3.05, 3.63) is 71.3 Å². The number of amides is 2. The Morgan fingerprint density at radius 2 is 1.88 bits per heavy atom. The molecular weight excluding hydrogens is 344 g/mol. The van der Waals surface area contributed by atoms with Crippen LogP contribution in [0.2, 0.25) is 0 Å². The van der Waals surface area contributed by atoms with E-state index < -0.39 is 36.2 Å². The smallest absolute Gasteiger partial charge is 0.416 e. The Kier molecular flexibility index (Phi) is 6.80. The third kappa shape index (κ3) is 4.64. The molecule has 2 amide bonds. The molecule has 0 aliphatic carbocycles. The lowest BCUT2D eigenvalue weighted by Crippen LogP contribution is -2.37. The summed E-state index contributed by atoms with van der Waals surface area (Å²) in [5, 5.41) is 9.22. The zero-order valence-electron chi connectivity index (χ0n) is 14.2. The topological polar surface area (TPSA) is 66.8 Å². The van der Waals surface area contributed by atoms with Crippen LogP contribution in [0.1, 0.15) is 17.0 Å². The Hall–Kier alpha value is -2.80. The highest BCUT2D eigenvalue weighted by Crippen LogP contribution is 2.24. The first-order valence-corrected chi connectivity index (χ1v) is 8.00. The van der Waals surface area contributed by atoms with Gasteiger partial charge in [-0.25, -0.2) is 18.5 Å². The number of aliphatic hydroxyl groups excluding tert-OH is 1. The van der Waals surface area contributed by atoms with E-state index in [2.05, 4.69) is 23.8 Å². The van der Waals surface area contributed by atoms with Crippen LogP contribution in [-0.4, -0.2) is 41.8 Å². The van der Waals surface area contributed by atoms with E-state index in [1.54, 1.807) is 0 Å². The van der Waals surface area contributed by atoms with Gasteiger partial charge >= 0.3 is 6.09 Å². The molecule has 1 aliphatic heterocycles. The summed E-state index contributed by atoms with van der Waals surface area (Å²) in [6.07, 6.45) is -0.847. The van der Waals surface area contributed by atoms with Gasteiger partial charge in [-0.2, -0.15) is 0 Å². The number of halogens is 2.